The minimum Gasteiger partial charge on any atom is -0.388 e. The van der Waals surface area contributed by atoms with Crippen LogP contribution in [-0.2, 0) is 13.0 Å². The van der Waals surface area contributed by atoms with Crippen LogP contribution in [0.2, 0.25) is 0 Å². The van der Waals surface area contributed by atoms with Crippen molar-refractivity contribution in [2.45, 2.75) is 46.3 Å². The summed E-state index contributed by atoms with van der Waals surface area (Å²) in [7, 11) is 0. The third kappa shape index (κ3) is 2.35. The average Bonchev–Trinajstić information content (AvgIpc) is 2.90. The van der Waals surface area contributed by atoms with Gasteiger partial charge in [-0.2, -0.15) is 0 Å². The van der Waals surface area contributed by atoms with Crippen LogP contribution >= 0.6 is 11.3 Å². The van der Waals surface area contributed by atoms with Crippen molar-refractivity contribution < 1.29 is 5.11 Å². The zero-order chi connectivity index (χ0) is 13.6. The van der Waals surface area contributed by atoms with Gasteiger partial charge < -0.3 is 9.67 Å². The zero-order valence-electron chi connectivity index (χ0n) is 11.7. The molecule has 1 aliphatic carbocycles. The van der Waals surface area contributed by atoms with E-state index in [-0.39, 0.29) is 11.5 Å². The van der Waals surface area contributed by atoms with Crippen molar-refractivity contribution in [1.82, 2.24) is 9.55 Å². The summed E-state index contributed by atoms with van der Waals surface area (Å²) in [4.78, 5) is 4.37. The summed E-state index contributed by atoms with van der Waals surface area (Å²) in [5.41, 5.74) is 3.79. The lowest BCUT2D eigenvalue weighted by Crippen LogP contribution is -2.27. The maximum Gasteiger partial charge on any atom is 0.112 e. The molecule has 1 unspecified atom stereocenters. The van der Waals surface area contributed by atoms with Gasteiger partial charge in [0.2, 0.25) is 0 Å². The van der Waals surface area contributed by atoms with Gasteiger partial charge in [0.1, 0.15) is 5.01 Å². The van der Waals surface area contributed by atoms with Gasteiger partial charge in [-0.15, -0.1) is 11.3 Å². The summed E-state index contributed by atoms with van der Waals surface area (Å²) in [5.74, 6) is 0. The SMILES string of the molecule is Cc1cc2c(n1Cc1nccs1)CC(C)(C)CC2O. The molecule has 102 valence electrons. The summed E-state index contributed by atoms with van der Waals surface area (Å²) in [5, 5.41) is 13.5. The second-order valence-electron chi connectivity index (χ2n) is 6.26. The number of aliphatic hydroxyl groups excluding tert-OH is 1. The molecule has 4 heteroatoms. The number of aromatic nitrogens is 2. The number of fused-ring (bicyclic) bond motifs is 1. The molecule has 2 heterocycles. The van der Waals surface area contributed by atoms with Crippen molar-refractivity contribution in [1.29, 1.82) is 0 Å². The summed E-state index contributed by atoms with van der Waals surface area (Å²) in [6.07, 6.45) is 3.40. The number of rotatable bonds is 2. The quantitative estimate of drug-likeness (QED) is 0.914. The molecule has 0 saturated carbocycles. The Kier molecular flexibility index (Phi) is 3.02. The van der Waals surface area contributed by atoms with Crippen molar-refractivity contribution in [3.05, 3.63) is 39.6 Å². The van der Waals surface area contributed by atoms with Gasteiger partial charge >= 0.3 is 0 Å². The summed E-state index contributed by atoms with van der Waals surface area (Å²) >= 11 is 1.69. The smallest absolute Gasteiger partial charge is 0.112 e. The van der Waals surface area contributed by atoms with Crippen LogP contribution in [0.3, 0.4) is 0 Å². The van der Waals surface area contributed by atoms with Gasteiger partial charge in [-0.3, -0.25) is 0 Å². The highest BCUT2D eigenvalue weighted by Crippen LogP contribution is 2.42. The average molecular weight is 276 g/mol. The molecule has 0 saturated heterocycles. The van der Waals surface area contributed by atoms with Gasteiger partial charge in [-0.25, -0.2) is 4.98 Å². The molecule has 0 radical (unpaired) electrons. The predicted octanol–water partition coefficient (Wildman–Crippen LogP) is 3.31. The first-order valence-corrected chi connectivity index (χ1v) is 7.59. The molecule has 1 aliphatic rings. The van der Waals surface area contributed by atoms with Gasteiger partial charge in [0.05, 0.1) is 12.6 Å². The molecule has 2 aromatic heterocycles. The Morgan fingerprint density at radius 2 is 2.32 bits per heavy atom. The van der Waals surface area contributed by atoms with Crippen LogP contribution in [0.25, 0.3) is 0 Å². The molecule has 3 rings (SSSR count). The Morgan fingerprint density at radius 1 is 1.53 bits per heavy atom. The largest absolute Gasteiger partial charge is 0.388 e. The molecule has 0 aromatic carbocycles. The molecule has 3 nitrogen and oxygen atoms in total. The highest BCUT2D eigenvalue weighted by atomic mass is 32.1. The van der Waals surface area contributed by atoms with Crippen LogP contribution in [-0.4, -0.2) is 14.7 Å². The van der Waals surface area contributed by atoms with Crippen LogP contribution in [0, 0.1) is 12.3 Å². The Hall–Kier alpha value is -1.13. The summed E-state index contributed by atoms with van der Waals surface area (Å²) < 4.78 is 2.32. The summed E-state index contributed by atoms with van der Waals surface area (Å²) in [6, 6.07) is 2.14. The minimum atomic E-state index is -0.324. The van der Waals surface area contributed by atoms with Crippen molar-refractivity contribution in [3.8, 4) is 0 Å². The fourth-order valence-electron chi connectivity index (χ4n) is 3.09. The van der Waals surface area contributed by atoms with E-state index in [1.165, 1.54) is 11.4 Å². The molecule has 1 N–H and O–H groups in total. The third-order valence-corrected chi connectivity index (χ3v) is 4.74. The molecule has 0 fully saturated rings. The maximum absolute atomic E-state index is 10.3. The van der Waals surface area contributed by atoms with Crippen LogP contribution in [0.15, 0.2) is 17.6 Å². The van der Waals surface area contributed by atoms with E-state index in [1.54, 1.807) is 11.3 Å². The maximum atomic E-state index is 10.3. The van der Waals surface area contributed by atoms with E-state index in [0.717, 1.165) is 30.0 Å². The molecule has 0 aliphatic heterocycles. The van der Waals surface area contributed by atoms with Gasteiger partial charge in [0.25, 0.3) is 0 Å². The second kappa shape index (κ2) is 4.46. The van der Waals surface area contributed by atoms with Crippen molar-refractivity contribution in [2.24, 2.45) is 5.41 Å². The minimum absolute atomic E-state index is 0.165. The van der Waals surface area contributed by atoms with Crippen molar-refractivity contribution >= 4 is 11.3 Å². The van der Waals surface area contributed by atoms with Crippen LogP contribution < -0.4 is 0 Å². The first-order chi connectivity index (χ1) is 8.96. The van der Waals surface area contributed by atoms with E-state index in [2.05, 4.69) is 36.4 Å². The Morgan fingerprint density at radius 3 is 3.00 bits per heavy atom. The molecule has 0 spiro atoms. The lowest BCUT2D eigenvalue weighted by atomic mass is 9.75. The number of aliphatic hydroxyl groups is 1. The fourth-order valence-corrected chi connectivity index (χ4v) is 3.69. The lowest BCUT2D eigenvalue weighted by molar-refractivity contribution is 0.0981. The summed E-state index contributed by atoms with van der Waals surface area (Å²) in [6.45, 7) is 7.40. The molecular formula is C15H20N2OS. The topological polar surface area (TPSA) is 38.0 Å². The number of hydrogen-bond donors (Lipinski definition) is 1. The Labute approximate surface area is 117 Å². The molecule has 0 amide bonds. The second-order valence-corrected chi connectivity index (χ2v) is 7.24. The van der Waals surface area contributed by atoms with Gasteiger partial charge in [0.15, 0.2) is 0 Å². The van der Waals surface area contributed by atoms with Crippen LogP contribution in [0.4, 0.5) is 0 Å². The zero-order valence-corrected chi connectivity index (χ0v) is 12.5. The number of nitrogens with zero attached hydrogens (tertiary/aromatic N) is 2. The van der Waals surface area contributed by atoms with Gasteiger partial charge in [-0.05, 0) is 31.2 Å². The van der Waals surface area contributed by atoms with Crippen molar-refractivity contribution in [3.63, 3.8) is 0 Å². The molecular weight excluding hydrogens is 256 g/mol. The normalized spacial score (nSPS) is 21.4. The lowest BCUT2D eigenvalue weighted by Gasteiger charge is -2.33. The van der Waals surface area contributed by atoms with E-state index in [4.69, 9.17) is 0 Å². The van der Waals surface area contributed by atoms with E-state index in [0.29, 0.717) is 0 Å². The first kappa shape index (κ1) is 12.9. The van der Waals surface area contributed by atoms with Crippen molar-refractivity contribution in [2.75, 3.05) is 0 Å². The van der Waals surface area contributed by atoms with E-state index < -0.39 is 0 Å². The number of hydrogen-bond acceptors (Lipinski definition) is 3. The molecule has 2 aromatic rings. The highest BCUT2D eigenvalue weighted by molar-refractivity contribution is 7.09. The van der Waals surface area contributed by atoms with E-state index >= 15 is 0 Å². The standard InChI is InChI=1S/C15H20N2OS/c1-10-6-11-12(7-15(2,3)8-13(11)18)17(10)9-14-16-4-5-19-14/h4-6,13,18H,7-9H2,1-3H3. The molecule has 19 heavy (non-hydrogen) atoms. The van der Waals surface area contributed by atoms with Gasteiger partial charge in [0, 0.05) is 28.5 Å². The Balaban J connectivity index is 2.02. The van der Waals surface area contributed by atoms with E-state index in [9.17, 15) is 5.11 Å². The van der Waals surface area contributed by atoms with Gasteiger partial charge in [-0.1, -0.05) is 13.8 Å². The Bertz CT molecular complexity index is 584. The highest BCUT2D eigenvalue weighted by Gasteiger charge is 2.34. The van der Waals surface area contributed by atoms with E-state index in [1.807, 2.05) is 11.6 Å². The number of aryl methyl sites for hydroxylation is 1. The monoisotopic (exact) mass is 276 g/mol. The number of thiazole rings is 1. The predicted molar refractivity (Wildman–Crippen MR) is 77.4 cm³/mol. The first-order valence-electron chi connectivity index (χ1n) is 6.72. The van der Waals surface area contributed by atoms with Crippen LogP contribution in [0.5, 0.6) is 0 Å². The fraction of sp³-hybridized carbons (Fsp3) is 0.533. The third-order valence-electron chi connectivity index (χ3n) is 3.98. The van der Waals surface area contributed by atoms with Crippen LogP contribution in [0.1, 0.15) is 48.3 Å². The molecule has 1 atom stereocenters. The molecule has 0 bridgehead atoms.